The van der Waals surface area contributed by atoms with Crippen LogP contribution < -0.4 is 0 Å². The Morgan fingerprint density at radius 3 is 1.74 bits per heavy atom. The first kappa shape index (κ1) is 22.8. The van der Waals surface area contributed by atoms with E-state index in [2.05, 4.69) is 19.9 Å². The van der Waals surface area contributed by atoms with Crippen LogP contribution in [0.4, 0.5) is 0 Å². The molecule has 0 N–H and O–H groups in total. The fourth-order valence-electron chi connectivity index (χ4n) is 5.79. The van der Waals surface area contributed by atoms with Crippen molar-refractivity contribution in [2.24, 2.45) is 23.2 Å². The average Bonchev–Trinajstić information content (AvgIpc) is 2.72. The molecule has 0 aromatic carbocycles. The first-order valence-corrected chi connectivity index (χ1v) is 12.6. The van der Waals surface area contributed by atoms with E-state index in [1.54, 1.807) is 0 Å². The van der Waals surface area contributed by atoms with Crippen LogP contribution in [-0.2, 0) is 0 Å². The van der Waals surface area contributed by atoms with Crippen LogP contribution in [0.3, 0.4) is 0 Å². The second-order valence-corrected chi connectivity index (χ2v) is 10.1. The van der Waals surface area contributed by atoms with Gasteiger partial charge in [-0.2, -0.15) is 5.26 Å². The maximum absolute atomic E-state index is 9.77. The Hall–Kier alpha value is -0.510. The Morgan fingerprint density at radius 2 is 1.19 bits per heavy atom. The van der Waals surface area contributed by atoms with Gasteiger partial charge in [-0.05, 0) is 49.9 Å². The summed E-state index contributed by atoms with van der Waals surface area (Å²) in [5.41, 5.74) is 0.0425. The second kappa shape index (κ2) is 12.9. The van der Waals surface area contributed by atoms with E-state index in [0.29, 0.717) is 0 Å². The topological polar surface area (TPSA) is 23.8 Å². The normalized spacial score (nSPS) is 31.5. The monoisotopic (exact) mass is 373 g/mol. The van der Waals surface area contributed by atoms with Crippen LogP contribution in [0.25, 0.3) is 0 Å². The van der Waals surface area contributed by atoms with Crippen molar-refractivity contribution in [2.75, 3.05) is 0 Å². The molecule has 0 bridgehead atoms. The highest BCUT2D eigenvalue weighted by molar-refractivity contribution is 5.01. The largest absolute Gasteiger partial charge is 0.198 e. The van der Waals surface area contributed by atoms with E-state index < -0.39 is 0 Å². The van der Waals surface area contributed by atoms with Crippen molar-refractivity contribution in [3.8, 4) is 6.07 Å². The van der Waals surface area contributed by atoms with E-state index in [0.717, 1.165) is 24.2 Å². The summed E-state index contributed by atoms with van der Waals surface area (Å²) in [5.74, 6) is 2.99. The minimum Gasteiger partial charge on any atom is -0.198 e. The van der Waals surface area contributed by atoms with E-state index in [-0.39, 0.29) is 5.41 Å². The van der Waals surface area contributed by atoms with Gasteiger partial charge in [-0.15, -0.1) is 0 Å². The number of hydrogen-bond donors (Lipinski definition) is 0. The second-order valence-electron chi connectivity index (χ2n) is 10.1. The molecule has 0 spiro atoms. The predicted molar refractivity (Wildman–Crippen MR) is 118 cm³/mol. The Kier molecular flexibility index (Phi) is 10.8. The fraction of sp³-hybridized carbons (Fsp3) is 0.962. The Labute approximate surface area is 170 Å². The predicted octanol–water partition coefficient (Wildman–Crippen LogP) is 8.82. The van der Waals surface area contributed by atoms with E-state index in [9.17, 15) is 5.26 Å². The standard InChI is InChI=1S/C26H47N/c1-3-5-7-9-19-26(22-27)20-17-25(18-21-26)16-15-24-13-11-23(12-14-24)10-8-6-4-2/h23-25H,3-21H2,1-2H3/t23-,24-,25-,26-. The first-order chi connectivity index (χ1) is 13.2. The van der Waals surface area contributed by atoms with Crippen molar-refractivity contribution in [1.82, 2.24) is 0 Å². The molecule has 2 aliphatic carbocycles. The quantitative estimate of drug-likeness (QED) is 0.313. The number of rotatable bonds is 12. The zero-order chi connectivity index (χ0) is 19.4. The Balaban J connectivity index is 1.59. The summed E-state index contributed by atoms with van der Waals surface area (Å²) in [6, 6.07) is 2.75. The summed E-state index contributed by atoms with van der Waals surface area (Å²) in [4.78, 5) is 0. The smallest absolute Gasteiger partial charge is 0.0689 e. The molecule has 2 fully saturated rings. The molecule has 0 atom stereocenters. The minimum absolute atomic E-state index is 0.0425. The highest BCUT2D eigenvalue weighted by atomic mass is 14.4. The maximum atomic E-state index is 9.77. The molecule has 2 aliphatic rings. The van der Waals surface area contributed by atoms with Gasteiger partial charge >= 0.3 is 0 Å². The van der Waals surface area contributed by atoms with Crippen LogP contribution in [0.1, 0.15) is 136 Å². The average molecular weight is 374 g/mol. The van der Waals surface area contributed by atoms with E-state index in [1.165, 1.54) is 116 Å². The summed E-state index contributed by atoms with van der Waals surface area (Å²) in [5, 5.41) is 9.77. The summed E-state index contributed by atoms with van der Waals surface area (Å²) in [6.45, 7) is 4.58. The van der Waals surface area contributed by atoms with Gasteiger partial charge in [0.25, 0.3) is 0 Å². The third-order valence-electron chi connectivity index (χ3n) is 7.97. The summed E-state index contributed by atoms with van der Waals surface area (Å²) in [7, 11) is 0. The highest BCUT2D eigenvalue weighted by Crippen LogP contribution is 2.44. The minimum atomic E-state index is 0.0425. The van der Waals surface area contributed by atoms with E-state index in [4.69, 9.17) is 0 Å². The molecule has 2 saturated carbocycles. The molecule has 27 heavy (non-hydrogen) atoms. The van der Waals surface area contributed by atoms with Crippen LogP contribution in [-0.4, -0.2) is 0 Å². The molecule has 0 aromatic heterocycles. The molecule has 0 saturated heterocycles. The molecule has 0 radical (unpaired) electrons. The van der Waals surface area contributed by atoms with Gasteiger partial charge in [-0.1, -0.05) is 104 Å². The third kappa shape index (κ3) is 8.17. The Morgan fingerprint density at radius 1 is 0.667 bits per heavy atom. The summed E-state index contributed by atoms with van der Waals surface area (Å²) < 4.78 is 0. The SMILES string of the molecule is CCCCCC[C@]1(C#N)CC[C@H](CC[C@H]2CC[C@H](CCCCC)CC2)CC1. The lowest BCUT2D eigenvalue weighted by atomic mass is 9.67. The molecule has 0 amide bonds. The van der Waals surface area contributed by atoms with Crippen molar-refractivity contribution in [3.63, 3.8) is 0 Å². The van der Waals surface area contributed by atoms with Gasteiger partial charge in [0, 0.05) is 0 Å². The highest BCUT2D eigenvalue weighted by Gasteiger charge is 2.35. The molecule has 1 nitrogen and oxygen atoms in total. The van der Waals surface area contributed by atoms with Crippen LogP contribution in [0.2, 0.25) is 0 Å². The van der Waals surface area contributed by atoms with Gasteiger partial charge in [-0.25, -0.2) is 0 Å². The third-order valence-corrected chi connectivity index (χ3v) is 7.97. The number of unbranched alkanes of at least 4 members (excludes halogenated alkanes) is 5. The van der Waals surface area contributed by atoms with Gasteiger partial charge in [0.05, 0.1) is 11.5 Å². The van der Waals surface area contributed by atoms with Crippen molar-refractivity contribution >= 4 is 0 Å². The zero-order valence-electron chi connectivity index (χ0n) is 18.6. The lowest BCUT2D eigenvalue weighted by Gasteiger charge is -2.36. The van der Waals surface area contributed by atoms with Crippen molar-refractivity contribution in [1.29, 1.82) is 5.26 Å². The van der Waals surface area contributed by atoms with Crippen molar-refractivity contribution < 1.29 is 0 Å². The lowest BCUT2D eigenvalue weighted by molar-refractivity contribution is 0.170. The maximum Gasteiger partial charge on any atom is 0.0689 e. The van der Waals surface area contributed by atoms with Crippen LogP contribution in [0.15, 0.2) is 0 Å². The van der Waals surface area contributed by atoms with Gasteiger partial charge in [0.15, 0.2) is 0 Å². The molecular formula is C26H47N. The molecule has 1 heteroatoms. The van der Waals surface area contributed by atoms with Crippen molar-refractivity contribution in [2.45, 2.75) is 136 Å². The molecule has 156 valence electrons. The fourth-order valence-corrected chi connectivity index (χ4v) is 5.79. The van der Waals surface area contributed by atoms with Gasteiger partial charge in [0.2, 0.25) is 0 Å². The van der Waals surface area contributed by atoms with Crippen molar-refractivity contribution in [3.05, 3.63) is 0 Å². The van der Waals surface area contributed by atoms with Crippen LogP contribution in [0, 0.1) is 34.5 Å². The van der Waals surface area contributed by atoms with Crippen LogP contribution in [0.5, 0.6) is 0 Å². The van der Waals surface area contributed by atoms with Gasteiger partial charge in [-0.3, -0.25) is 0 Å². The Bertz CT molecular complexity index is 404. The van der Waals surface area contributed by atoms with Gasteiger partial charge in [0.1, 0.15) is 0 Å². The molecule has 0 unspecified atom stereocenters. The van der Waals surface area contributed by atoms with Crippen LogP contribution >= 0.6 is 0 Å². The van der Waals surface area contributed by atoms with E-state index in [1.807, 2.05) is 0 Å². The first-order valence-electron chi connectivity index (χ1n) is 12.6. The lowest BCUT2D eigenvalue weighted by Crippen LogP contribution is -2.26. The summed E-state index contributed by atoms with van der Waals surface area (Å²) in [6.07, 6.45) is 26.1. The van der Waals surface area contributed by atoms with Gasteiger partial charge < -0.3 is 0 Å². The number of hydrogen-bond acceptors (Lipinski definition) is 1. The molecule has 2 rings (SSSR count). The molecule has 0 heterocycles. The van der Waals surface area contributed by atoms with E-state index >= 15 is 0 Å². The zero-order valence-corrected chi connectivity index (χ0v) is 18.6. The molecule has 0 aromatic rings. The molecule has 0 aliphatic heterocycles. The summed E-state index contributed by atoms with van der Waals surface area (Å²) >= 11 is 0. The molecular weight excluding hydrogens is 326 g/mol. The number of nitriles is 1. The number of nitrogens with zero attached hydrogens (tertiary/aromatic N) is 1.